The zero-order valence-corrected chi connectivity index (χ0v) is 13.8. The van der Waals surface area contributed by atoms with Crippen LogP contribution in [0.5, 0.6) is 5.75 Å². The number of nitrogens with zero attached hydrogens (tertiary/aromatic N) is 2. The number of piperidine rings is 1. The number of carbonyl (C=O) groups excluding carboxylic acids is 1. The second kappa shape index (κ2) is 7.32. The van der Waals surface area contributed by atoms with E-state index in [2.05, 4.69) is 4.90 Å². The number of benzene rings is 1. The maximum absolute atomic E-state index is 12.6. The fourth-order valence-corrected chi connectivity index (χ4v) is 3.71. The first-order valence-electron chi connectivity index (χ1n) is 8.51. The molecule has 2 heterocycles. The van der Waals surface area contributed by atoms with E-state index in [1.807, 2.05) is 24.3 Å². The fraction of sp³-hybridized carbons (Fsp3) is 0.611. The van der Waals surface area contributed by atoms with Gasteiger partial charge in [-0.15, -0.1) is 0 Å². The monoisotopic (exact) mass is 318 g/mol. The maximum Gasteiger partial charge on any atom is 0.227 e. The van der Waals surface area contributed by atoms with E-state index in [9.17, 15) is 9.90 Å². The van der Waals surface area contributed by atoms with E-state index < -0.39 is 6.10 Å². The minimum absolute atomic E-state index is 0.0630. The number of rotatable bonds is 4. The Balaban J connectivity index is 1.62. The number of para-hydroxylation sites is 1. The predicted molar refractivity (Wildman–Crippen MR) is 88.5 cm³/mol. The number of hydrogen-bond acceptors (Lipinski definition) is 4. The van der Waals surface area contributed by atoms with E-state index in [1.54, 1.807) is 12.0 Å². The van der Waals surface area contributed by atoms with Gasteiger partial charge in [0.15, 0.2) is 0 Å². The molecule has 2 aliphatic rings. The summed E-state index contributed by atoms with van der Waals surface area (Å²) in [7, 11) is 1.62. The number of aliphatic hydroxyl groups is 1. The van der Waals surface area contributed by atoms with E-state index >= 15 is 0 Å². The Kier molecular flexibility index (Phi) is 5.18. The van der Waals surface area contributed by atoms with Gasteiger partial charge in [-0.25, -0.2) is 0 Å². The first-order chi connectivity index (χ1) is 11.2. The zero-order valence-electron chi connectivity index (χ0n) is 13.8. The molecule has 0 bridgehead atoms. The number of hydrogen-bond donors (Lipinski definition) is 1. The molecular weight excluding hydrogens is 292 g/mol. The smallest absolute Gasteiger partial charge is 0.227 e. The molecule has 1 aromatic rings. The Morgan fingerprint density at radius 3 is 2.70 bits per heavy atom. The van der Waals surface area contributed by atoms with Crippen molar-refractivity contribution in [3.63, 3.8) is 0 Å². The minimum Gasteiger partial charge on any atom is -0.496 e. The van der Waals surface area contributed by atoms with Crippen LogP contribution in [0.15, 0.2) is 24.3 Å². The largest absolute Gasteiger partial charge is 0.496 e. The third kappa shape index (κ3) is 3.67. The molecule has 0 spiro atoms. The van der Waals surface area contributed by atoms with Crippen molar-refractivity contribution >= 4 is 5.91 Å². The first-order valence-corrected chi connectivity index (χ1v) is 8.51. The Hall–Kier alpha value is -1.59. The van der Waals surface area contributed by atoms with Gasteiger partial charge in [-0.05, 0) is 32.0 Å². The van der Waals surface area contributed by atoms with Gasteiger partial charge in [-0.3, -0.25) is 9.69 Å². The number of carbonyl (C=O) groups is 1. The van der Waals surface area contributed by atoms with Crippen LogP contribution in [0.1, 0.15) is 24.8 Å². The summed E-state index contributed by atoms with van der Waals surface area (Å²) in [5.41, 5.74) is 0.899. The molecule has 0 saturated carbocycles. The van der Waals surface area contributed by atoms with Crippen LogP contribution in [0.4, 0.5) is 0 Å². The van der Waals surface area contributed by atoms with Crippen LogP contribution in [-0.2, 0) is 11.2 Å². The molecule has 5 nitrogen and oxygen atoms in total. The Morgan fingerprint density at radius 2 is 1.96 bits per heavy atom. The number of likely N-dealkylation sites (tertiary alicyclic amines) is 2. The summed E-state index contributed by atoms with van der Waals surface area (Å²) in [5.74, 6) is 0.807. The molecule has 2 atom stereocenters. The second-order valence-corrected chi connectivity index (χ2v) is 6.52. The molecule has 5 heteroatoms. The third-order valence-electron chi connectivity index (χ3n) is 5.01. The van der Waals surface area contributed by atoms with Gasteiger partial charge in [0.05, 0.1) is 25.7 Å². The van der Waals surface area contributed by atoms with E-state index in [4.69, 9.17) is 4.74 Å². The summed E-state index contributed by atoms with van der Waals surface area (Å²) in [5, 5.41) is 10.4. The summed E-state index contributed by atoms with van der Waals surface area (Å²) in [6.07, 6.45) is 3.55. The lowest BCUT2D eigenvalue weighted by Gasteiger charge is -2.33. The molecular formula is C18H26N2O3. The lowest BCUT2D eigenvalue weighted by atomic mass is 10.1. The summed E-state index contributed by atoms with van der Waals surface area (Å²) in [4.78, 5) is 16.8. The lowest BCUT2D eigenvalue weighted by Crippen LogP contribution is -2.46. The van der Waals surface area contributed by atoms with Crippen LogP contribution < -0.4 is 4.74 Å². The molecule has 0 aliphatic carbocycles. The average molecular weight is 318 g/mol. The highest BCUT2D eigenvalue weighted by Crippen LogP contribution is 2.23. The molecule has 1 amide bonds. The molecule has 126 valence electrons. The van der Waals surface area contributed by atoms with E-state index in [0.29, 0.717) is 19.5 Å². The van der Waals surface area contributed by atoms with Crippen molar-refractivity contribution in [3.05, 3.63) is 29.8 Å². The molecule has 2 saturated heterocycles. The van der Waals surface area contributed by atoms with Gasteiger partial charge in [-0.1, -0.05) is 24.6 Å². The normalized spacial score (nSPS) is 25.6. The van der Waals surface area contributed by atoms with Crippen molar-refractivity contribution in [2.24, 2.45) is 0 Å². The van der Waals surface area contributed by atoms with Gasteiger partial charge in [0, 0.05) is 18.7 Å². The maximum atomic E-state index is 12.6. The van der Waals surface area contributed by atoms with Crippen LogP contribution in [0.3, 0.4) is 0 Å². The molecule has 23 heavy (non-hydrogen) atoms. The van der Waals surface area contributed by atoms with Crippen LogP contribution in [0.25, 0.3) is 0 Å². The van der Waals surface area contributed by atoms with Crippen molar-refractivity contribution in [3.8, 4) is 5.75 Å². The van der Waals surface area contributed by atoms with Gasteiger partial charge in [0.25, 0.3) is 0 Å². The van der Waals surface area contributed by atoms with Crippen molar-refractivity contribution in [1.82, 2.24) is 9.80 Å². The highest BCUT2D eigenvalue weighted by Gasteiger charge is 2.37. The standard InChI is InChI=1S/C18H26N2O3/c1-23-17-8-4-3-7-14(17)11-18(22)20-12-15(16(21)13-20)19-9-5-2-6-10-19/h3-4,7-8,15-16,21H,2,5-6,9-13H2,1H3/t15-,16-/m0/s1. The Bertz CT molecular complexity index is 543. The van der Waals surface area contributed by atoms with Crippen molar-refractivity contribution in [2.75, 3.05) is 33.3 Å². The minimum atomic E-state index is -0.435. The number of methoxy groups -OCH3 is 1. The molecule has 2 fully saturated rings. The molecule has 3 rings (SSSR count). The Morgan fingerprint density at radius 1 is 1.22 bits per heavy atom. The molecule has 0 unspecified atom stereocenters. The zero-order chi connectivity index (χ0) is 16.2. The van der Waals surface area contributed by atoms with E-state index in [-0.39, 0.29) is 11.9 Å². The number of ether oxygens (including phenoxy) is 1. The Labute approximate surface area is 137 Å². The van der Waals surface area contributed by atoms with Gasteiger partial charge in [-0.2, -0.15) is 0 Å². The number of amides is 1. The fourth-order valence-electron chi connectivity index (χ4n) is 3.71. The van der Waals surface area contributed by atoms with Gasteiger partial charge < -0.3 is 14.7 Å². The molecule has 1 aromatic carbocycles. The first kappa shape index (κ1) is 16.3. The van der Waals surface area contributed by atoms with Crippen LogP contribution >= 0.6 is 0 Å². The van der Waals surface area contributed by atoms with Crippen molar-refractivity contribution < 1.29 is 14.6 Å². The predicted octanol–water partition coefficient (Wildman–Crippen LogP) is 1.30. The molecule has 0 radical (unpaired) electrons. The van der Waals surface area contributed by atoms with Gasteiger partial charge in [0.2, 0.25) is 5.91 Å². The molecule has 1 N–H and O–H groups in total. The average Bonchev–Trinajstić information content (AvgIpc) is 2.98. The summed E-state index contributed by atoms with van der Waals surface area (Å²) < 4.78 is 5.32. The van der Waals surface area contributed by atoms with Crippen molar-refractivity contribution in [1.29, 1.82) is 0 Å². The SMILES string of the molecule is COc1ccccc1CC(=O)N1C[C@H](O)[C@@H](N2CCCCC2)C1. The van der Waals surface area contributed by atoms with E-state index in [1.165, 1.54) is 19.3 Å². The summed E-state index contributed by atoms with van der Waals surface area (Å²) in [6.45, 7) is 3.15. The topological polar surface area (TPSA) is 53.0 Å². The third-order valence-corrected chi connectivity index (χ3v) is 5.01. The van der Waals surface area contributed by atoms with E-state index in [0.717, 1.165) is 24.4 Å². The molecule has 0 aromatic heterocycles. The van der Waals surface area contributed by atoms with Crippen LogP contribution in [0.2, 0.25) is 0 Å². The number of β-amino-alcohol motifs (C(OH)–C–C–N with tert-alkyl or cyclic N) is 1. The molecule has 2 aliphatic heterocycles. The van der Waals surface area contributed by atoms with Crippen molar-refractivity contribution in [2.45, 2.75) is 37.8 Å². The number of aliphatic hydroxyl groups excluding tert-OH is 1. The van der Waals surface area contributed by atoms with Gasteiger partial charge >= 0.3 is 0 Å². The van der Waals surface area contributed by atoms with Gasteiger partial charge in [0.1, 0.15) is 5.75 Å². The lowest BCUT2D eigenvalue weighted by molar-refractivity contribution is -0.129. The quantitative estimate of drug-likeness (QED) is 0.909. The summed E-state index contributed by atoms with van der Waals surface area (Å²) >= 11 is 0. The highest BCUT2D eigenvalue weighted by atomic mass is 16.5. The second-order valence-electron chi connectivity index (χ2n) is 6.52. The van der Waals surface area contributed by atoms with Crippen LogP contribution in [0, 0.1) is 0 Å². The van der Waals surface area contributed by atoms with Crippen LogP contribution in [-0.4, -0.2) is 66.2 Å². The highest BCUT2D eigenvalue weighted by molar-refractivity contribution is 5.80. The summed E-state index contributed by atoms with van der Waals surface area (Å²) in [6, 6.07) is 7.71.